The van der Waals surface area contributed by atoms with Crippen molar-refractivity contribution < 1.29 is 9.53 Å². The lowest BCUT2D eigenvalue weighted by atomic mass is 10.2. The van der Waals surface area contributed by atoms with Crippen molar-refractivity contribution in [2.75, 3.05) is 17.7 Å². The number of nitrogens with zero attached hydrogens (tertiary/aromatic N) is 1. The molecule has 3 N–H and O–H groups in total. The third-order valence-corrected chi connectivity index (χ3v) is 4.02. The van der Waals surface area contributed by atoms with Gasteiger partial charge in [0.05, 0.1) is 29.3 Å². The monoisotopic (exact) mass is 307 g/mol. The van der Waals surface area contributed by atoms with Gasteiger partial charge in [-0.25, -0.2) is 4.98 Å². The molecule has 5 nitrogen and oxygen atoms in total. The van der Waals surface area contributed by atoms with Crippen LogP contribution in [0, 0.1) is 0 Å². The molecule has 0 spiro atoms. The SMILES string of the molecule is CCCC(C)OCCC(=O)Nc1nc2ccc(N)cc2s1. The van der Waals surface area contributed by atoms with E-state index >= 15 is 0 Å². The first kappa shape index (κ1) is 15.7. The largest absolute Gasteiger partial charge is 0.399 e. The molecule has 0 aliphatic rings. The molecule has 0 aliphatic carbocycles. The molecule has 1 amide bonds. The Morgan fingerprint density at radius 1 is 1.52 bits per heavy atom. The highest BCUT2D eigenvalue weighted by Crippen LogP contribution is 2.27. The number of rotatable bonds is 7. The van der Waals surface area contributed by atoms with Gasteiger partial charge in [0, 0.05) is 5.69 Å². The number of anilines is 2. The average Bonchev–Trinajstić information content (AvgIpc) is 2.80. The second kappa shape index (κ2) is 7.38. The Balaban J connectivity index is 1.84. The maximum atomic E-state index is 11.8. The van der Waals surface area contributed by atoms with Crippen LogP contribution in [-0.4, -0.2) is 23.6 Å². The van der Waals surface area contributed by atoms with Crippen LogP contribution in [0.4, 0.5) is 10.8 Å². The molecular formula is C15H21N3O2S. The second-order valence-corrected chi connectivity index (χ2v) is 6.05. The molecule has 0 fully saturated rings. The van der Waals surface area contributed by atoms with Crippen LogP contribution in [-0.2, 0) is 9.53 Å². The van der Waals surface area contributed by atoms with Crippen LogP contribution in [0.5, 0.6) is 0 Å². The summed E-state index contributed by atoms with van der Waals surface area (Å²) < 4.78 is 6.54. The number of nitrogen functional groups attached to an aromatic ring is 1. The molecule has 1 aromatic heterocycles. The lowest BCUT2D eigenvalue weighted by Crippen LogP contribution is -2.16. The van der Waals surface area contributed by atoms with Gasteiger partial charge >= 0.3 is 0 Å². The minimum absolute atomic E-state index is 0.0780. The van der Waals surface area contributed by atoms with Gasteiger partial charge < -0.3 is 15.8 Å². The number of fused-ring (bicyclic) bond motifs is 1. The van der Waals surface area contributed by atoms with Gasteiger partial charge in [0.1, 0.15) is 0 Å². The van der Waals surface area contributed by atoms with Crippen LogP contribution >= 0.6 is 11.3 Å². The smallest absolute Gasteiger partial charge is 0.228 e. The highest BCUT2D eigenvalue weighted by Gasteiger charge is 2.09. The third kappa shape index (κ3) is 4.68. The first-order chi connectivity index (χ1) is 10.1. The van der Waals surface area contributed by atoms with Gasteiger partial charge in [0.2, 0.25) is 5.91 Å². The highest BCUT2D eigenvalue weighted by molar-refractivity contribution is 7.22. The lowest BCUT2D eigenvalue weighted by molar-refractivity contribution is -0.117. The van der Waals surface area contributed by atoms with E-state index in [1.54, 1.807) is 6.07 Å². The molecular weight excluding hydrogens is 286 g/mol. The summed E-state index contributed by atoms with van der Waals surface area (Å²) in [5, 5.41) is 3.40. The van der Waals surface area contributed by atoms with Crippen molar-refractivity contribution in [2.24, 2.45) is 0 Å². The summed E-state index contributed by atoms with van der Waals surface area (Å²) in [7, 11) is 0. The average molecular weight is 307 g/mol. The summed E-state index contributed by atoms with van der Waals surface area (Å²) in [5.41, 5.74) is 7.27. The molecule has 114 valence electrons. The van der Waals surface area contributed by atoms with Crippen LogP contribution in [0.1, 0.15) is 33.1 Å². The zero-order chi connectivity index (χ0) is 15.2. The Bertz CT molecular complexity index is 612. The number of nitrogens with two attached hydrogens (primary N) is 1. The number of hydrogen-bond donors (Lipinski definition) is 2. The molecule has 1 unspecified atom stereocenters. The molecule has 0 radical (unpaired) electrons. The van der Waals surface area contributed by atoms with Crippen molar-refractivity contribution in [3.05, 3.63) is 18.2 Å². The van der Waals surface area contributed by atoms with E-state index < -0.39 is 0 Å². The van der Waals surface area contributed by atoms with Crippen LogP contribution in [0.3, 0.4) is 0 Å². The molecule has 0 saturated heterocycles. The molecule has 1 atom stereocenters. The van der Waals surface area contributed by atoms with Crippen molar-refractivity contribution >= 4 is 38.3 Å². The van der Waals surface area contributed by atoms with E-state index in [2.05, 4.69) is 17.2 Å². The minimum atomic E-state index is -0.0780. The van der Waals surface area contributed by atoms with Crippen LogP contribution < -0.4 is 11.1 Å². The molecule has 0 aliphatic heterocycles. The summed E-state index contributed by atoms with van der Waals surface area (Å²) in [5.74, 6) is -0.0780. The van der Waals surface area contributed by atoms with E-state index in [1.165, 1.54) is 11.3 Å². The number of thiazole rings is 1. The normalized spacial score (nSPS) is 12.5. The minimum Gasteiger partial charge on any atom is -0.399 e. The summed E-state index contributed by atoms with van der Waals surface area (Å²) >= 11 is 1.42. The van der Waals surface area contributed by atoms with Crippen LogP contribution in [0.15, 0.2) is 18.2 Å². The summed E-state index contributed by atoms with van der Waals surface area (Å²) in [6.07, 6.45) is 2.64. The number of aromatic nitrogens is 1. The zero-order valence-corrected chi connectivity index (χ0v) is 13.2. The van der Waals surface area contributed by atoms with Gasteiger partial charge in [0.25, 0.3) is 0 Å². The van der Waals surface area contributed by atoms with Crippen molar-refractivity contribution in [3.8, 4) is 0 Å². The fourth-order valence-electron chi connectivity index (χ4n) is 2.02. The van der Waals surface area contributed by atoms with Crippen molar-refractivity contribution in [1.82, 2.24) is 4.98 Å². The van der Waals surface area contributed by atoms with Gasteiger partial charge in [-0.3, -0.25) is 4.79 Å². The van der Waals surface area contributed by atoms with Gasteiger partial charge in [-0.1, -0.05) is 24.7 Å². The summed E-state index contributed by atoms with van der Waals surface area (Å²) in [4.78, 5) is 16.2. The van der Waals surface area contributed by atoms with E-state index in [-0.39, 0.29) is 12.0 Å². The number of hydrogen-bond acceptors (Lipinski definition) is 5. The van der Waals surface area contributed by atoms with Gasteiger partial charge in [-0.05, 0) is 31.5 Å². The topological polar surface area (TPSA) is 77.2 Å². The van der Waals surface area contributed by atoms with Crippen molar-refractivity contribution in [3.63, 3.8) is 0 Å². The van der Waals surface area contributed by atoms with Crippen LogP contribution in [0.25, 0.3) is 10.2 Å². The molecule has 2 rings (SSSR count). The number of ether oxygens (including phenoxy) is 1. The molecule has 0 bridgehead atoms. The first-order valence-electron chi connectivity index (χ1n) is 7.16. The molecule has 6 heteroatoms. The number of benzene rings is 1. The first-order valence-corrected chi connectivity index (χ1v) is 7.97. The predicted molar refractivity (Wildman–Crippen MR) is 87.6 cm³/mol. The standard InChI is InChI=1S/C15H21N3O2S/c1-3-4-10(2)20-8-7-14(19)18-15-17-12-6-5-11(16)9-13(12)21-15/h5-6,9-10H,3-4,7-8,16H2,1-2H3,(H,17,18,19). The van der Waals surface area contributed by atoms with E-state index in [9.17, 15) is 4.79 Å². The Kier molecular flexibility index (Phi) is 5.52. The maximum absolute atomic E-state index is 11.8. The Hall–Kier alpha value is -1.66. The third-order valence-electron chi connectivity index (χ3n) is 3.09. The number of carbonyl (C=O) groups excluding carboxylic acids is 1. The second-order valence-electron chi connectivity index (χ2n) is 5.01. The van der Waals surface area contributed by atoms with Gasteiger partial charge in [0.15, 0.2) is 5.13 Å². The molecule has 1 heterocycles. The summed E-state index contributed by atoms with van der Waals surface area (Å²) in [6, 6.07) is 5.52. The number of carbonyl (C=O) groups is 1. The number of nitrogens with one attached hydrogen (secondary N) is 1. The van der Waals surface area contributed by atoms with Gasteiger partial charge in [-0.2, -0.15) is 0 Å². The van der Waals surface area contributed by atoms with Crippen molar-refractivity contribution in [1.29, 1.82) is 0 Å². The zero-order valence-electron chi connectivity index (χ0n) is 12.4. The fourth-order valence-corrected chi connectivity index (χ4v) is 2.95. The quantitative estimate of drug-likeness (QED) is 0.768. The Labute approximate surface area is 128 Å². The van der Waals surface area contributed by atoms with E-state index in [0.717, 1.165) is 23.1 Å². The molecule has 1 aromatic carbocycles. The molecule has 21 heavy (non-hydrogen) atoms. The van der Waals surface area contributed by atoms with Gasteiger partial charge in [-0.15, -0.1) is 0 Å². The lowest BCUT2D eigenvalue weighted by Gasteiger charge is -2.11. The Morgan fingerprint density at radius 2 is 2.33 bits per heavy atom. The predicted octanol–water partition coefficient (Wildman–Crippen LogP) is 3.41. The maximum Gasteiger partial charge on any atom is 0.228 e. The Morgan fingerprint density at radius 3 is 3.10 bits per heavy atom. The highest BCUT2D eigenvalue weighted by atomic mass is 32.1. The molecule has 0 saturated carbocycles. The van der Waals surface area contributed by atoms with Crippen molar-refractivity contribution in [2.45, 2.75) is 39.2 Å². The molecule has 2 aromatic rings. The fraction of sp³-hybridized carbons (Fsp3) is 0.467. The summed E-state index contributed by atoms with van der Waals surface area (Å²) in [6.45, 7) is 4.58. The van der Waals surface area contributed by atoms with E-state index in [0.29, 0.717) is 23.8 Å². The van der Waals surface area contributed by atoms with Crippen LogP contribution in [0.2, 0.25) is 0 Å². The van der Waals surface area contributed by atoms with E-state index in [1.807, 2.05) is 19.1 Å². The number of amides is 1. The van der Waals surface area contributed by atoms with E-state index in [4.69, 9.17) is 10.5 Å².